The van der Waals surface area contributed by atoms with E-state index in [2.05, 4.69) is 5.32 Å². The Morgan fingerprint density at radius 3 is 2.33 bits per heavy atom. The van der Waals surface area contributed by atoms with Crippen LogP contribution in [0.3, 0.4) is 0 Å². The van der Waals surface area contributed by atoms with Gasteiger partial charge in [0.15, 0.2) is 0 Å². The first-order valence-corrected chi connectivity index (χ1v) is 6.18. The average Bonchev–Trinajstić information content (AvgIpc) is 2.27. The Morgan fingerprint density at radius 1 is 1.28 bits per heavy atom. The van der Waals surface area contributed by atoms with Crippen LogP contribution in [-0.4, -0.2) is 35.5 Å². The van der Waals surface area contributed by atoms with Gasteiger partial charge in [0.05, 0.1) is 6.54 Å². The van der Waals surface area contributed by atoms with Gasteiger partial charge in [-0.05, 0) is 45.5 Å². The van der Waals surface area contributed by atoms with E-state index < -0.39 is 0 Å². The molecule has 0 aliphatic rings. The number of hydrogen-bond acceptors (Lipinski definition) is 3. The molecule has 100 valence electrons. The van der Waals surface area contributed by atoms with Crippen LogP contribution in [0.4, 0.5) is 0 Å². The highest BCUT2D eigenvalue weighted by molar-refractivity contribution is 5.78. The number of nitrogens with zero attached hydrogens (tertiary/aromatic N) is 1. The van der Waals surface area contributed by atoms with E-state index in [1.54, 1.807) is 12.1 Å². The fraction of sp³-hybridized carbons (Fsp3) is 0.500. The van der Waals surface area contributed by atoms with Crippen LogP contribution >= 0.6 is 0 Å². The molecule has 0 radical (unpaired) electrons. The third-order valence-electron chi connectivity index (χ3n) is 2.88. The molecule has 0 aliphatic heterocycles. The smallest absolute Gasteiger partial charge is 0.234 e. The lowest BCUT2D eigenvalue weighted by molar-refractivity contribution is -0.122. The van der Waals surface area contributed by atoms with E-state index in [1.165, 1.54) is 0 Å². The van der Waals surface area contributed by atoms with E-state index in [9.17, 15) is 9.90 Å². The van der Waals surface area contributed by atoms with Crippen molar-refractivity contribution in [3.8, 4) is 5.75 Å². The van der Waals surface area contributed by atoms with Crippen molar-refractivity contribution in [3.63, 3.8) is 0 Å². The molecule has 0 fully saturated rings. The molecule has 1 aromatic rings. The molecule has 0 heterocycles. The molecule has 1 amide bonds. The highest BCUT2D eigenvalue weighted by Crippen LogP contribution is 2.20. The normalized spacial score (nSPS) is 12.8. The molecule has 1 atom stereocenters. The second kappa shape index (κ2) is 6.40. The minimum atomic E-state index is 0.0260. The number of carbonyl (C=O) groups excluding carboxylic acids is 1. The number of hydrogen-bond donors (Lipinski definition) is 2. The Kier molecular flexibility index (Phi) is 5.16. The zero-order valence-electron chi connectivity index (χ0n) is 11.5. The zero-order valence-corrected chi connectivity index (χ0v) is 11.5. The summed E-state index contributed by atoms with van der Waals surface area (Å²) in [6.07, 6.45) is 0. The number of likely N-dealkylation sites (N-methyl/N-ethyl adjacent to an activating group) is 1. The highest BCUT2D eigenvalue weighted by atomic mass is 16.3. The number of rotatable bonds is 5. The molecule has 0 saturated carbocycles. The highest BCUT2D eigenvalue weighted by Gasteiger charge is 2.15. The Labute approximate surface area is 109 Å². The van der Waals surface area contributed by atoms with Crippen LogP contribution in [0.25, 0.3) is 0 Å². The minimum absolute atomic E-state index is 0.0260. The van der Waals surface area contributed by atoms with Gasteiger partial charge in [-0.2, -0.15) is 0 Å². The number of phenolic OH excluding ortho intramolecular Hbond substituents is 1. The van der Waals surface area contributed by atoms with Crippen molar-refractivity contribution in [1.82, 2.24) is 10.2 Å². The van der Waals surface area contributed by atoms with Gasteiger partial charge in [0.25, 0.3) is 0 Å². The molecular weight excluding hydrogens is 228 g/mol. The third-order valence-corrected chi connectivity index (χ3v) is 2.88. The van der Waals surface area contributed by atoms with Crippen LogP contribution in [0.2, 0.25) is 0 Å². The van der Waals surface area contributed by atoms with E-state index in [1.807, 2.05) is 44.9 Å². The Bertz CT molecular complexity index is 387. The van der Waals surface area contributed by atoms with Crippen LogP contribution in [0.1, 0.15) is 32.4 Å². The Hall–Kier alpha value is -1.55. The third kappa shape index (κ3) is 4.37. The van der Waals surface area contributed by atoms with Crippen LogP contribution in [0.5, 0.6) is 5.75 Å². The second-order valence-corrected chi connectivity index (χ2v) is 4.90. The maximum Gasteiger partial charge on any atom is 0.234 e. The summed E-state index contributed by atoms with van der Waals surface area (Å²) in [6, 6.07) is 7.36. The van der Waals surface area contributed by atoms with E-state index in [0.29, 0.717) is 6.54 Å². The van der Waals surface area contributed by atoms with Crippen LogP contribution in [0.15, 0.2) is 24.3 Å². The van der Waals surface area contributed by atoms with Crippen LogP contribution in [-0.2, 0) is 4.79 Å². The van der Waals surface area contributed by atoms with E-state index >= 15 is 0 Å². The summed E-state index contributed by atoms with van der Waals surface area (Å²) in [5.74, 6) is 0.282. The summed E-state index contributed by atoms with van der Waals surface area (Å²) >= 11 is 0. The van der Waals surface area contributed by atoms with Gasteiger partial charge in [-0.25, -0.2) is 0 Å². The fourth-order valence-corrected chi connectivity index (χ4v) is 1.74. The van der Waals surface area contributed by atoms with Crippen molar-refractivity contribution in [3.05, 3.63) is 29.8 Å². The molecule has 4 nitrogen and oxygen atoms in total. The maximum absolute atomic E-state index is 11.7. The molecule has 18 heavy (non-hydrogen) atoms. The first-order valence-electron chi connectivity index (χ1n) is 6.18. The van der Waals surface area contributed by atoms with E-state index in [0.717, 1.165) is 5.56 Å². The van der Waals surface area contributed by atoms with Gasteiger partial charge in [-0.3, -0.25) is 9.69 Å². The molecule has 0 aliphatic carbocycles. The van der Waals surface area contributed by atoms with Crippen molar-refractivity contribution >= 4 is 5.91 Å². The summed E-state index contributed by atoms with van der Waals surface area (Å²) in [4.78, 5) is 13.6. The summed E-state index contributed by atoms with van der Waals surface area (Å²) < 4.78 is 0. The summed E-state index contributed by atoms with van der Waals surface area (Å²) in [7, 11) is 1.91. The maximum atomic E-state index is 11.7. The van der Waals surface area contributed by atoms with Gasteiger partial charge in [-0.1, -0.05) is 12.1 Å². The van der Waals surface area contributed by atoms with Crippen molar-refractivity contribution in [2.75, 3.05) is 13.6 Å². The predicted octanol–water partition coefficient (Wildman–Crippen LogP) is 1.91. The van der Waals surface area contributed by atoms with Gasteiger partial charge in [0.1, 0.15) is 5.75 Å². The monoisotopic (exact) mass is 250 g/mol. The first-order chi connectivity index (χ1) is 8.40. The Balaban J connectivity index is 2.58. The lowest BCUT2D eigenvalue weighted by atomic mass is 10.1. The number of phenols is 1. The molecule has 2 N–H and O–H groups in total. The summed E-state index contributed by atoms with van der Waals surface area (Å²) in [5.41, 5.74) is 1.08. The van der Waals surface area contributed by atoms with Gasteiger partial charge >= 0.3 is 0 Å². The first kappa shape index (κ1) is 14.5. The molecule has 0 saturated heterocycles. The lowest BCUT2D eigenvalue weighted by Gasteiger charge is -2.25. The standard InChI is InChI=1S/C14H22N2O2/c1-10(2)15-14(18)9-16(4)11(3)12-5-7-13(17)8-6-12/h5-8,10-11,17H,9H2,1-4H3,(H,15,18). The molecule has 0 spiro atoms. The molecular formula is C14H22N2O2. The predicted molar refractivity (Wildman–Crippen MR) is 72.4 cm³/mol. The number of aromatic hydroxyl groups is 1. The quantitative estimate of drug-likeness (QED) is 0.839. The second-order valence-electron chi connectivity index (χ2n) is 4.90. The van der Waals surface area contributed by atoms with E-state index in [-0.39, 0.29) is 23.7 Å². The van der Waals surface area contributed by atoms with Crippen molar-refractivity contribution < 1.29 is 9.90 Å². The summed E-state index contributed by atoms with van der Waals surface area (Å²) in [6.45, 7) is 6.29. The molecule has 4 heteroatoms. The van der Waals surface area contributed by atoms with Gasteiger partial charge in [0, 0.05) is 12.1 Å². The Morgan fingerprint density at radius 2 is 1.83 bits per heavy atom. The largest absolute Gasteiger partial charge is 0.508 e. The molecule has 1 aromatic carbocycles. The number of carbonyl (C=O) groups is 1. The molecule has 1 rings (SSSR count). The number of amides is 1. The van der Waals surface area contributed by atoms with Gasteiger partial charge in [0.2, 0.25) is 5.91 Å². The van der Waals surface area contributed by atoms with Crippen molar-refractivity contribution in [2.24, 2.45) is 0 Å². The SMILES string of the molecule is CC(C)NC(=O)CN(C)C(C)c1ccc(O)cc1. The average molecular weight is 250 g/mol. The van der Waals surface area contributed by atoms with E-state index in [4.69, 9.17) is 0 Å². The van der Waals surface area contributed by atoms with Crippen LogP contribution < -0.4 is 5.32 Å². The fourth-order valence-electron chi connectivity index (χ4n) is 1.74. The van der Waals surface area contributed by atoms with Crippen LogP contribution in [0, 0.1) is 0 Å². The van der Waals surface area contributed by atoms with Crippen molar-refractivity contribution in [1.29, 1.82) is 0 Å². The zero-order chi connectivity index (χ0) is 13.7. The number of benzene rings is 1. The molecule has 1 unspecified atom stereocenters. The lowest BCUT2D eigenvalue weighted by Crippen LogP contribution is -2.39. The molecule has 0 bridgehead atoms. The van der Waals surface area contributed by atoms with Gasteiger partial charge < -0.3 is 10.4 Å². The number of nitrogens with one attached hydrogen (secondary N) is 1. The molecule has 0 aromatic heterocycles. The van der Waals surface area contributed by atoms with Crippen molar-refractivity contribution in [2.45, 2.75) is 32.9 Å². The minimum Gasteiger partial charge on any atom is -0.508 e. The van der Waals surface area contributed by atoms with Gasteiger partial charge in [-0.15, -0.1) is 0 Å². The summed E-state index contributed by atoms with van der Waals surface area (Å²) in [5, 5.41) is 12.1. The topological polar surface area (TPSA) is 52.6 Å².